The van der Waals surface area contributed by atoms with Crippen molar-refractivity contribution < 1.29 is 0 Å². The van der Waals surface area contributed by atoms with E-state index in [-0.39, 0.29) is 11.5 Å². The molecule has 170 valence electrons. The highest BCUT2D eigenvalue weighted by molar-refractivity contribution is 6.32. The summed E-state index contributed by atoms with van der Waals surface area (Å²) < 4.78 is 0. The molecule has 2 aromatic rings. The third-order valence-electron chi connectivity index (χ3n) is 4.26. The molecule has 1 aromatic carbocycles. The summed E-state index contributed by atoms with van der Waals surface area (Å²) in [5.74, 6) is 6.71. The zero-order valence-electron chi connectivity index (χ0n) is 19.6. The molecule has 1 aliphatic heterocycles. The first-order chi connectivity index (χ1) is 14.9. The Labute approximate surface area is 192 Å². The van der Waals surface area contributed by atoms with Crippen molar-refractivity contribution in [3.63, 3.8) is 0 Å². The van der Waals surface area contributed by atoms with Crippen LogP contribution in [-0.2, 0) is 0 Å². The Kier molecular flexibility index (Phi) is 14.8. The lowest BCUT2D eigenvalue weighted by Gasteiger charge is -2.17. The summed E-state index contributed by atoms with van der Waals surface area (Å²) >= 11 is 6.01. The van der Waals surface area contributed by atoms with Crippen molar-refractivity contribution >= 4 is 28.8 Å². The number of piperidine rings is 1. The van der Waals surface area contributed by atoms with Gasteiger partial charge in [-0.1, -0.05) is 52.1 Å². The van der Waals surface area contributed by atoms with Crippen LogP contribution in [0.4, 0.5) is 11.5 Å². The minimum atomic E-state index is 0.0408. The topological polar surface area (TPSA) is 114 Å². The molecular formula is C24H37ClN6. The van der Waals surface area contributed by atoms with Crippen LogP contribution in [0.3, 0.4) is 0 Å². The van der Waals surface area contributed by atoms with Crippen molar-refractivity contribution in [3.05, 3.63) is 46.4 Å². The Morgan fingerprint density at radius 1 is 1.13 bits per heavy atom. The van der Waals surface area contributed by atoms with Crippen molar-refractivity contribution in [3.8, 4) is 11.8 Å². The normalized spacial score (nSPS) is 12.4. The molecule has 0 saturated carbocycles. The van der Waals surface area contributed by atoms with E-state index in [9.17, 15) is 0 Å². The van der Waals surface area contributed by atoms with Crippen LogP contribution < -0.4 is 16.8 Å². The largest absolute Gasteiger partial charge is 0.399 e. The van der Waals surface area contributed by atoms with Crippen LogP contribution in [-0.4, -0.2) is 28.8 Å². The number of aromatic nitrogens is 2. The van der Waals surface area contributed by atoms with Gasteiger partial charge in [-0.25, -0.2) is 9.97 Å². The highest BCUT2D eigenvalue weighted by atomic mass is 35.5. The quantitative estimate of drug-likeness (QED) is 0.278. The molecule has 31 heavy (non-hydrogen) atoms. The zero-order chi connectivity index (χ0) is 23.8. The molecule has 1 aliphatic rings. The van der Waals surface area contributed by atoms with Crippen LogP contribution >= 0.6 is 11.6 Å². The van der Waals surface area contributed by atoms with Gasteiger partial charge in [0.2, 0.25) is 0 Å². The number of rotatable bonds is 1. The molecule has 0 spiro atoms. The van der Waals surface area contributed by atoms with Gasteiger partial charge < -0.3 is 16.8 Å². The summed E-state index contributed by atoms with van der Waals surface area (Å²) in [5, 5.41) is 11.8. The van der Waals surface area contributed by atoms with Gasteiger partial charge in [-0.3, -0.25) is 5.41 Å². The number of nitrogens with zero attached hydrogens (tertiary/aromatic N) is 2. The van der Waals surface area contributed by atoms with Crippen molar-refractivity contribution in [2.24, 2.45) is 5.92 Å². The second-order valence-electron chi connectivity index (χ2n) is 6.52. The molecule has 3 rings (SSSR count). The summed E-state index contributed by atoms with van der Waals surface area (Å²) in [5.41, 5.74) is 13.6. The van der Waals surface area contributed by atoms with Gasteiger partial charge in [0.15, 0.2) is 0 Å². The number of aryl methyl sites for hydroxylation is 1. The monoisotopic (exact) mass is 444 g/mol. The fourth-order valence-electron chi connectivity index (χ4n) is 2.60. The van der Waals surface area contributed by atoms with Crippen LogP contribution in [0, 0.1) is 30.1 Å². The van der Waals surface area contributed by atoms with Crippen molar-refractivity contribution in [2.75, 3.05) is 24.6 Å². The minimum absolute atomic E-state index is 0.0408. The lowest BCUT2D eigenvalue weighted by molar-refractivity contribution is 0.402. The molecule has 0 aliphatic carbocycles. The van der Waals surface area contributed by atoms with Crippen molar-refractivity contribution in [1.82, 2.24) is 15.3 Å². The van der Waals surface area contributed by atoms with Crippen LogP contribution in [0.5, 0.6) is 0 Å². The molecule has 1 saturated heterocycles. The lowest BCUT2D eigenvalue weighted by Crippen LogP contribution is -2.26. The fourth-order valence-corrected chi connectivity index (χ4v) is 2.76. The summed E-state index contributed by atoms with van der Waals surface area (Å²) in [4.78, 5) is 7.86. The number of hydrogen-bond donors (Lipinski definition) is 4. The molecule has 1 aromatic heterocycles. The Balaban J connectivity index is 0.000000681. The Morgan fingerprint density at radius 2 is 1.74 bits per heavy atom. The molecule has 0 atom stereocenters. The molecular weight excluding hydrogens is 408 g/mol. The van der Waals surface area contributed by atoms with E-state index < -0.39 is 0 Å². The second kappa shape index (κ2) is 16.1. The number of nitrogen functional groups attached to an aromatic ring is 2. The number of nitrogens with two attached hydrogens (primary N) is 2. The highest BCUT2D eigenvalue weighted by Gasteiger charge is 2.09. The summed E-state index contributed by atoms with van der Waals surface area (Å²) in [6.07, 6.45) is 4.10. The van der Waals surface area contributed by atoms with Crippen molar-refractivity contribution in [1.29, 1.82) is 5.41 Å². The zero-order valence-corrected chi connectivity index (χ0v) is 20.4. The van der Waals surface area contributed by atoms with Crippen molar-refractivity contribution in [2.45, 2.75) is 54.4 Å². The Bertz CT molecular complexity index is 844. The third-order valence-corrected chi connectivity index (χ3v) is 4.59. The van der Waals surface area contributed by atoms with Gasteiger partial charge in [0, 0.05) is 11.3 Å². The standard InChI is InChI=1S/C14H12ClN5.C6H13N.2C2H6/c1-8-13(14(18)20-7-19-8)12(17)5-2-9-6-10(16)3-4-11(9)15;1-6-2-4-7-5-3-6;2*1-2/h3-4,6-7,17H,16H2,1H3,(H2,18,19,20);6-7H,2-5H2,1H3;2*1-2H3. The van der Waals surface area contributed by atoms with E-state index in [1.54, 1.807) is 25.1 Å². The minimum Gasteiger partial charge on any atom is -0.399 e. The maximum absolute atomic E-state index is 7.98. The van der Waals surface area contributed by atoms with Gasteiger partial charge in [-0.05, 0) is 62.9 Å². The average Bonchev–Trinajstić information content (AvgIpc) is 2.78. The molecule has 0 unspecified atom stereocenters. The maximum atomic E-state index is 7.98. The molecule has 0 amide bonds. The summed E-state index contributed by atoms with van der Waals surface area (Å²) in [6.45, 7) is 14.5. The number of nitrogens with one attached hydrogen (secondary N) is 2. The van der Waals surface area contributed by atoms with Crippen LogP contribution in [0.15, 0.2) is 24.5 Å². The summed E-state index contributed by atoms with van der Waals surface area (Å²) in [6, 6.07) is 5.00. The van der Waals surface area contributed by atoms with Crippen LogP contribution in [0.2, 0.25) is 5.02 Å². The predicted octanol–water partition coefficient (Wildman–Crippen LogP) is 5.08. The predicted molar refractivity (Wildman–Crippen MR) is 135 cm³/mol. The fraction of sp³-hybridized carbons (Fsp3) is 0.458. The summed E-state index contributed by atoms with van der Waals surface area (Å²) in [7, 11) is 0. The van der Waals surface area contributed by atoms with Gasteiger partial charge in [0.05, 0.1) is 16.3 Å². The van der Waals surface area contributed by atoms with E-state index in [1.807, 2.05) is 27.7 Å². The molecule has 6 nitrogen and oxygen atoms in total. The second-order valence-corrected chi connectivity index (χ2v) is 6.92. The molecule has 0 radical (unpaired) electrons. The van der Waals surface area contributed by atoms with E-state index in [2.05, 4.69) is 34.0 Å². The number of hydrogen-bond acceptors (Lipinski definition) is 6. The Hall–Kier alpha value is -2.62. The van der Waals surface area contributed by atoms with Gasteiger partial charge in [0.25, 0.3) is 0 Å². The van der Waals surface area contributed by atoms with E-state index in [0.717, 1.165) is 5.92 Å². The molecule has 1 fully saturated rings. The van der Waals surface area contributed by atoms with Gasteiger partial charge in [0.1, 0.15) is 17.9 Å². The molecule has 7 heteroatoms. The number of benzene rings is 1. The first-order valence-electron chi connectivity index (χ1n) is 10.8. The van der Waals surface area contributed by atoms with Crippen LogP contribution in [0.1, 0.15) is 64.3 Å². The molecule has 0 bridgehead atoms. The Morgan fingerprint density at radius 3 is 2.26 bits per heavy atom. The highest BCUT2D eigenvalue weighted by Crippen LogP contribution is 2.18. The van der Waals surface area contributed by atoms with Gasteiger partial charge in [-0.2, -0.15) is 0 Å². The third kappa shape index (κ3) is 10.3. The molecule has 6 N–H and O–H groups in total. The number of halogens is 1. The maximum Gasteiger partial charge on any atom is 0.137 e. The SMILES string of the molecule is CC.CC.CC1CCNCC1.Cc1ncnc(N)c1C(=N)C#Cc1cc(N)ccc1Cl. The smallest absolute Gasteiger partial charge is 0.137 e. The first kappa shape index (κ1) is 28.4. The van der Waals surface area contributed by atoms with Crippen LogP contribution in [0.25, 0.3) is 0 Å². The van der Waals surface area contributed by atoms with E-state index in [4.69, 9.17) is 28.5 Å². The van der Waals surface area contributed by atoms with Gasteiger partial charge in [-0.15, -0.1) is 0 Å². The number of anilines is 2. The van der Waals surface area contributed by atoms with E-state index in [0.29, 0.717) is 27.5 Å². The van der Waals surface area contributed by atoms with E-state index in [1.165, 1.54) is 32.3 Å². The lowest BCUT2D eigenvalue weighted by atomic mass is 10.0. The average molecular weight is 445 g/mol. The van der Waals surface area contributed by atoms with E-state index >= 15 is 0 Å². The van der Waals surface area contributed by atoms with Gasteiger partial charge >= 0.3 is 0 Å². The first-order valence-corrected chi connectivity index (χ1v) is 11.2. The molecule has 2 heterocycles.